The Kier molecular flexibility index (Phi) is 6.26. The highest BCUT2D eigenvalue weighted by Crippen LogP contribution is 2.41. The average molecular weight is 445 g/mol. The molecule has 0 radical (unpaired) electrons. The number of nitrogens with zero attached hydrogens (tertiary/aromatic N) is 1. The summed E-state index contributed by atoms with van der Waals surface area (Å²) in [5.74, 6) is 1.43. The van der Waals surface area contributed by atoms with Crippen LogP contribution in [0.15, 0.2) is 41.1 Å². The molecule has 1 aliphatic rings. The third-order valence-electron chi connectivity index (χ3n) is 5.17. The van der Waals surface area contributed by atoms with E-state index in [0.29, 0.717) is 29.5 Å². The van der Waals surface area contributed by atoms with Crippen LogP contribution in [0.3, 0.4) is 0 Å². The predicted molar refractivity (Wildman–Crippen MR) is 120 cm³/mol. The topological polar surface area (TPSA) is 60.0 Å². The Bertz CT molecular complexity index is 991. The number of ether oxygens (including phenoxy) is 3. The van der Waals surface area contributed by atoms with E-state index in [1.54, 1.807) is 56.1 Å². The normalized spacial score (nSPS) is 16.0. The molecular formula is C22H24N2O4S2. The maximum absolute atomic E-state index is 12.9. The molecule has 158 valence electrons. The van der Waals surface area contributed by atoms with Crippen molar-refractivity contribution in [2.75, 3.05) is 39.7 Å². The van der Waals surface area contributed by atoms with E-state index in [2.05, 4.69) is 39.2 Å². The summed E-state index contributed by atoms with van der Waals surface area (Å²) in [6.07, 6.45) is 0.965. The number of benzene rings is 1. The summed E-state index contributed by atoms with van der Waals surface area (Å²) in [5.41, 5.74) is 1.92. The van der Waals surface area contributed by atoms with Gasteiger partial charge in [-0.15, -0.1) is 22.7 Å². The molecule has 0 saturated carbocycles. The minimum atomic E-state index is -0.0792. The second kappa shape index (κ2) is 9.07. The number of thiophene rings is 2. The van der Waals surface area contributed by atoms with Gasteiger partial charge in [-0.25, -0.2) is 0 Å². The van der Waals surface area contributed by atoms with Crippen molar-refractivity contribution in [3.05, 3.63) is 56.4 Å². The largest absolute Gasteiger partial charge is 0.493 e. The van der Waals surface area contributed by atoms with E-state index in [0.717, 1.165) is 13.0 Å². The molecule has 0 saturated heterocycles. The van der Waals surface area contributed by atoms with Crippen molar-refractivity contribution in [1.82, 2.24) is 4.90 Å². The first-order valence-electron chi connectivity index (χ1n) is 9.58. The van der Waals surface area contributed by atoms with Crippen molar-refractivity contribution < 1.29 is 19.0 Å². The lowest BCUT2D eigenvalue weighted by Gasteiger charge is -2.34. The molecule has 1 aromatic carbocycles. The number of hydrogen-bond acceptors (Lipinski definition) is 7. The van der Waals surface area contributed by atoms with Crippen molar-refractivity contribution in [3.8, 4) is 17.2 Å². The van der Waals surface area contributed by atoms with Gasteiger partial charge >= 0.3 is 0 Å². The smallest absolute Gasteiger partial charge is 0.238 e. The van der Waals surface area contributed by atoms with Gasteiger partial charge in [0.2, 0.25) is 11.7 Å². The first-order valence-corrected chi connectivity index (χ1v) is 11.3. The van der Waals surface area contributed by atoms with Crippen LogP contribution in [0.25, 0.3) is 0 Å². The summed E-state index contributed by atoms with van der Waals surface area (Å²) in [7, 11) is 4.67. The van der Waals surface area contributed by atoms with Gasteiger partial charge in [-0.3, -0.25) is 9.69 Å². The summed E-state index contributed by atoms with van der Waals surface area (Å²) in [5, 5.41) is 7.21. The molecule has 2 aromatic heterocycles. The molecule has 1 N–H and O–H groups in total. The minimum absolute atomic E-state index is 0.0792. The molecule has 6 nitrogen and oxygen atoms in total. The van der Waals surface area contributed by atoms with E-state index in [-0.39, 0.29) is 11.9 Å². The van der Waals surface area contributed by atoms with Crippen LogP contribution >= 0.6 is 22.7 Å². The van der Waals surface area contributed by atoms with Crippen molar-refractivity contribution in [3.63, 3.8) is 0 Å². The van der Waals surface area contributed by atoms with Gasteiger partial charge in [0, 0.05) is 34.1 Å². The fourth-order valence-electron chi connectivity index (χ4n) is 3.86. The highest BCUT2D eigenvalue weighted by atomic mass is 32.1. The van der Waals surface area contributed by atoms with E-state index in [9.17, 15) is 4.79 Å². The quantitative estimate of drug-likeness (QED) is 0.585. The van der Waals surface area contributed by atoms with Crippen molar-refractivity contribution in [2.45, 2.75) is 12.5 Å². The molecule has 0 aliphatic carbocycles. The molecule has 0 unspecified atom stereocenters. The summed E-state index contributed by atoms with van der Waals surface area (Å²) < 4.78 is 16.1. The van der Waals surface area contributed by atoms with Crippen LogP contribution in [0.5, 0.6) is 17.2 Å². The molecule has 3 heterocycles. The molecule has 0 spiro atoms. The number of rotatable bonds is 7. The second-order valence-corrected chi connectivity index (χ2v) is 8.88. The number of carbonyl (C=O) groups is 1. The van der Waals surface area contributed by atoms with Gasteiger partial charge in [-0.1, -0.05) is 6.07 Å². The van der Waals surface area contributed by atoms with E-state index in [1.165, 1.54) is 15.3 Å². The lowest BCUT2D eigenvalue weighted by molar-refractivity contribution is -0.117. The van der Waals surface area contributed by atoms with Gasteiger partial charge in [-0.2, -0.15) is 0 Å². The van der Waals surface area contributed by atoms with Crippen LogP contribution in [-0.2, 0) is 11.2 Å². The molecule has 1 amide bonds. The second-order valence-electron chi connectivity index (χ2n) is 6.90. The maximum Gasteiger partial charge on any atom is 0.238 e. The predicted octanol–water partition coefficient (Wildman–Crippen LogP) is 4.42. The lowest BCUT2D eigenvalue weighted by Crippen LogP contribution is -2.40. The number of carbonyl (C=O) groups excluding carboxylic acids is 1. The van der Waals surface area contributed by atoms with Gasteiger partial charge in [0.15, 0.2) is 11.5 Å². The summed E-state index contributed by atoms with van der Waals surface area (Å²) in [4.78, 5) is 17.9. The molecule has 3 aromatic rings. The van der Waals surface area contributed by atoms with Crippen LogP contribution < -0.4 is 19.5 Å². The molecule has 4 rings (SSSR count). The summed E-state index contributed by atoms with van der Waals surface area (Å²) in [6.45, 7) is 1.15. The summed E-state index contributed by atoms with van der Waals surface area (Å²) >= 11 is 3.53. The number of fused-ring (bicyclic) bond motifs is 1. The number of methoxy groups -OCH3 is 3. The van der Waals surface area contributed by atoms with Gasteiger partial charge in [0.1, 0.15) is 0 Å². The van der Waals surface area contributed by atoms with Gasteiger partial charge in [-0.05, 0) is 34.9 Å². The number of amides is 1. The number of nitrogens with one attached hydrogen (secondary N) is 1. The Morgan fingerprint density at radius 3 is 2.50 bits per heavy atom. The Labute approximate surface area is 184 Å². The minimum Gasteiger partial charge on any atom is -0.493 e. The highest BCUT2D eigenvalue weighted by molar-refractivity contribution is 7.10. The van der Waals surface area contributed by atoms with Crippen LogP contribution in [0, 0.1) is 0 Å². The fourth-order valence-corrected chi connectivity index (χ4v) is 5.64. The van der Waals surface area contributed by atoms with Crippen LogP contribution in [0.2, 0.25) is 0 Å². The van der Waals surface area contributed by atoms with E-state index in [1.807, 2.05) is 0 Å². The zero-order valence-electron chi connectivity index (χ0n) is 17.1. The Morgan fingerprint density at radius 1 is 1.10 bits per heavy atom. The third-order valence-corrected chi connectivity index (χ3v) is 7.09. The zero-order chi connectivity index (χ0) is 21.1. The van der Waals surface area contributed by atoms with Crippen molar-refractivity contribution >= 4 is 34.3 Å². The average Bonchev–Trinajstić information content (AvgIpc) is 3.44. The Hall–Kier alpha value is -2.55. The molecule has 30 heavy (non-hydrogen) atoms. The lowest BCUT2D eigenvalue weighted by atomic mass is 9.98. The highest BCUT2D eigenvalue weighted by Gasteiger charge is 2.31. The van der Waals surface area contributed by atoms with Crippen LogP contribution in [-0.4, -0.2) is 45.2 Å². The molecule has 0 bridgehead atoms. The van der Waals surface area contributed by atoms with E-state index >= 15 is 0 Å². The Balaban J connectivity index is 1.54. The first kappa shape index (κ1) is 20.7. The zero-order valence-corrected chi connectivity index (χ0v) is 18.8. The van der Waals surface area contributed by atoms with Gasteiger partial charge < -0.3 is 19.5 Å². The molecule has 1 atom stereocenters. The van der Waals surface area contributed by atoms with E-state index in [4.69, 9.17) is 14.2 Å². The fraction of sp³-hybridized carbons (Fsp3) is 0.318. The van der Waals surface area contributed by atoms with Crippen molar-refractivity contribution in [1.29, 1.82) is 0 Å². The van der Waals surface area contributed by atoms with Crippen LogP contribution in [0.1, 0.15) is 21.4 Å². The number of anilines is 1. The third kappa shape index (κ3) is 4.03. The van der Waals surface area contributed by atoms with Gasteiger partial charge in [0.25, 0.3) is 0 Å². The van der Waals surface area contributed by atoms with Crippen molar-refractivity contribution in [2.24, 2.45) is 0 Å². The van der Waals surface area contributed by atoms with E-state index < -0.39 is 0 Å². The molecule has 0 fully saturated rings. The van der Waals surface area contributed by atoms with Crippen LogP contribution in [0.4, 0.5) is 5.69 Å². The maximum atomic E-state index is 12.9. The number of hydrogen-bond donors (Lipinski definition) is 1. The standard InChI is InChI=1S/C22H24N2O4S2/c1-26-16-11-14(12-17(27-2)22(16)28-3)23-20(25)13-24-8-6-18-15(7-10-30-18)21(24)19-5-4-9-29-19/h4-5,7,9-12,21H,6,8,13H2,1-3H3,(H,23,25)/t21-/m0/s1. The SMILES string of the molecule is COc1cc(NC(=O)CN2CCc3sccc3[C@H]2c2cccs2)cc(OC)c1OC. The summed E-state index contributed by atoms with van der Waals surface area (Å²) in [6, 6.07) is 9.99. The van der Waals surface area contributed by atoms with Gasteiger partial charge in [0.05, 0.1) is 33.9 Å². The monoisotopic (exact) mass is 444 g/mol. The molecular weight excluding hydrogens is 420 g/mol. The Morgan fingerprint density at radius 2 is 1.87 bits per heavy atom. The first-order chi connectivity index (χ1) is 14.6. The molecule has 8 heteroatoms. The molecule has 1 aliphatic heterocycles.